The second-order valence-electron chi connectivity index (χ2n) is 3.30. The molecule has 0 amide bonds. The summed E-state index contributed by atoms with van der Waals surface area (Å²) in [5.41, 5.74) is 7.25. The Morgan fingerprint density at radius 1 is 1.44 bits per heavy atom. The highest BCUT2D eigenvalue weighted by Gasteiger charge is 2.12. The third kappa shape index (κ3) is 3.57. The highest BCUT2D eigenvalue weighted by Crippen LogP contribution is 2.17. The lowest BCUT2D eigenvalue weighted by atomic mass is 10.1. The van der Waals surface area contributed by atoms with Crippen molar-refractivity contribution in [2.24, 2.45) is 5.11 Å². The van der Waals surface area contributed by atoms with Gasteiger partial charge in [0.05, 0.1) is 5.56 Å². The Morgan fingerprint density at radius 3 is 2.56 bits per heavy atom. The number of hydrogen-bond acceptors (Lipinski definition) is 2. The van der Waals surface area contributed by atoms with Crippen molar-refractivity contribution in [2.75, 3.05) is 6.54 Å². The fraction of sp³-hybridized carbons (Fsp3) is 0.182. The van der Waals surface area contributed by atoms with Gasteiger partial charge in [0.2, 0.25) is 0 Å². The number of halogens is 2. The summed E-state index contributed by atoms with van der Waals surface area (Å²) in [6.45, 7) is 0.184. The van der Waals surface area contributed by atoms with E-state index < -0.39 is 23.2 Å². The summed E-state index contributed by atoms with van der Waals surface area (Å²) in [7, 11) is 0. The van der Waals surface area contributed by atoms with Crippen LogP contribution >= 0.6 is 0 Å². The Morgan fingerprint density at radius 2 is 2.06 bits per heavy atom. The van der Waals surface area contributed by atoms with E-state index in [0.29, 0.717) is 6.42 Å². The van der Waals surface area contributed by atoms with Crippen LogP contribution in [0.3, 0.4) is 0 Å². The van der Waals surface area contributed by atoms with Crippen LogP contribution in [-0.4, -0.2) is 17.6 Å². The Bertz CT molecular complexity index is 514. The normalized spacial score (nSPS) is 10.3. The van der Waals surface area contributed by atoms with Gasteiger partial charge >= 0.3 is 5.97 Å². The van der Waals surface area contributed by atoms with Crippen molar-refractivity contribution in [3.05, 3.63) is 51.4 Å². The zero-order chi connectivity index (χ0) is 13.5. The minimum atomic E-state index is -1.40. The van der Waals surface area contributed by atoms with Crippen LogP contribution < -0.4 is 0 Å². The molecule has 0 aliphatic carbocycles. The van der Waals surface area contributed by atoms with Crippen molar-refractivity contribution >= 4 is 12.0 Å². The maximum Gasteiger partial charge on any atom is 0.335 e. The number of azide groups is 1. The van der Waals surface area contributed by atoms with Crippen molar-refractivity contribution in [3.63, 3.8) is 0 Å². The second kappa shape index (κ2) is 6.36. The molecule has 0 aliphatic rings. The summed E-state index contributed by atoms with van der Waals surface area (Å²) in [6.07, 6.45) is 2.96. The number of nitrogens with zero attached hydrogens (tertiary/aromatic N) is 3. The topological polar surface area (TPSA) is 86.1 Å². The van der Waals surface area contributed by atoms with Gasteiger partial charge in [0.25, 0.3) is 0 Å². The van der Waals surface area contributed by atoms with Crippen molar-refractivity contribution in [1.29, 1.82) is 0 Å². The van der Waals surface area contributed by atoms with Crippen LogP contribution in [0.25, 0.3) is 16.5 Å². The Kier molecular flexibility index (Phi) is 4.83. The first-order valence-corrected chi connectivity index (χ1v) is 4.96. The third-order valence-corrected chi connectivity index (χ3v) is 2.07. The number of benzene rings is 1. The molecule has 0 unspecified atom stereocenters. The Labute approximate surface area is 101 Å². The molecule has 18 heavy (non-hydrogen) atoms. The molecule has 1 aromatic carbocycles. The molecule has 0 radical (unpaired) electrons. The molecule has 0 saturated heterocycles. The van der Waals surface area contributed by atoms with Crippen LogP contribution in [0.2, 0.25) is 0 Å². The van der Waals surface area contributed by atoms with Gasteiger partial charge in [-0.1, -0.05) is 17.3 Å². The molecule has 0 bridgehead atoms. The van der Waals surface area contributed by atoms with Crippen molar-refractivity contribution in [1.82, 2.24) is 0 Å². The smallest absolute Gasteiger partial charge is 0.335 e. The number of aromatic carboxylic acids is 1. The first-order chi connectivity index (χ1) is 8.56. The van der Waals surface area contributed by atoms with Crippen LogP contribution in [-0.2, 0) is 0 Å². The van der Waals surface area contributed by atoms with E-state index in [-0.39, 0.29) is 12.1 Å². The van der Waals surface area contributed by atoms with E-state index in [1.165, 1.54) is 12.2 Å². The highest BCUT2D eigenvalue weighted by atomic mass is 19.1. The number of carbonyl (C=O) groups is 1. The SMILES string of the molecule is [N-]=[N+]=NCCC=Cc1c(F)cc(C(=O)O)cc1F. The lowest BCUT2D eigenvalue weighted by Crippen LogP contribution is -2.00. The fourth-order valence-corrected chi connectivity index (χ4v) is 1.25. The minimum Gasteiger partial charge on any atom is -0.478 e. The summed E-state index contributed by atoms with van der Waals surface area (Å²) >= 11 is 0. The largest absolute Gasteiger partial charge is 0.478 e. The summed E-state index contributed by atoms with van der Waals surface area (Å²) in [4.78, 5) is 13.1. The van der Waals surface area contributed by atoms with Crippen molar-refractivity contribution < 1.29 is 18.7 Å². The standard InChI is InChI=1S/C11H9F2N3O2/c12-9-5-7(11(17)18)6-10(13)8(9)3-1-2-4-15-16-14/h1,3,5-6H,2,4H2,(H,17,18). The highest BCUT2D eigenvalue weighted by molar-refractivity contribution is 5.88. The molecule has 7 heteroatoms. The second-order valence-corrected chi connectivity index (χ2v) is 3.30. The molecular weight excluding hydrogens is 244 g/mol. The van der Waals surface area contributed by atoms with Crippen LogP contribution in [0.4, 0.5) is 8.78 Å². The van der Waals surface area contributed by atoms with Gasteiger partial charge in [0, 0.05) is 17.0 Å². The average Bonchev–Trinajstić information content (AvgIpc) is 2.31. The maximum atomic E-state index is 13.4. The maximum absolute atomic E-state index is 13.4. The van der Waals surface area contributed by atoms with Gasteiger partial charge in [0.15, 0.2) is 0 Å². The number of hydrogen-bond donors (Lipinski definition) is 1. The molecule has 1 N–H and O–H groups in total. The zero-order valence-corrected chi connectivity index (χ0v) is 9.18. The quantitative estimate of drug-likeness (QED) is 0.377. The van der Waals surface area contributed by atoms with Gasteiger partial charge in [-0.3, -0.25) is 0 Å². The number of rotatable bonds is 5. The molecule has 0 saturated carbocycles. The summed E-state index contributed by atoms with van der Waals surface area (Å²) < 4.78 is 26.8. The van der Waals surface area contributed by atoms with E-state index in [0.717, 1.165) is 12.1 Å². The summed E-state index contributed by atoms with van der Waals surface area (Å²) in [5.74, 6) is -3.30. The molecular formula is C11H9F2N3O2. The van der Waals surface area contributed by atoms with E-state index >= 15 is 0 Å². The molecule has 0 atom stereocenters. The van der Waals surface area contributed by atoms with Gasteiger partial charge in [-0.2, -0.15) is 0 Å². The summed E-state index contributed by atoms with van der Waals surface area (Å²) in [6, 6.07) is 1.50. The number of carboxylic acid groups (broad SMARTS) is 1. The molecule has 0 aromatic heterocycles. The number of carboxylic acids is 1. The van der Waals surface area contributed by atoms with Gasteiger partial charge < -0.3 is 5.11 Å². The van der Waals surface area contributed by atoms with Gasteiger partial charge in [-0.25, -0.2) is 13.6 Å². The van der Waals surface area contributed by atoms with E-state index in [9.17, 15) is 13.6 Å². The van der Waals surface area contributed by atoms with E-state index in [1.807, 2.05) is 0 Å². The zero-order valence-electron chi connectivity index (χ0n) is 9.18. The van der Waals surface area contributed by atoms with Crippen molar-refractivity contribution in [2.45, 2.75) is 6.42 Å². The first-order valence-electron chi connectivity index (χ1n) is 4.96. The van der Waals surface area contributed by atoms with Crippen molar-refractivity contribution in [3.8, 4) is 0 Å². The molecule has 1 rings (SSSR count). The molecule has 0 fully saturated rings. The predicted octanol–water partition coefficient (Wildman–Crippen LogP) is 3.38. The predicted molar refractivity (Wildman–Crippen MR) is 61.0 cm³/mol. The molecule has 0 heterocycles. The monoisotopic (exact) mass is 253 g/mol. The first kappa shape index (κ1) is 13.7. The molecule has 5 nitrogen and oxygen atoms in total. The van der Waals surface area contributed by atoms with E-state index in [2.05, 4.69) is 10.0 Å². The fourth-order valence-electron chi connectivity index (χ4n) is 1.25. The summed E-state index contributed by atoms with van der Waals surface area (Å²) in [5, 5.41) is 11.8. The average molecular weight is 253 g/mol. The Hall–Kier alpha value is -2.40. The molecule has 1 aromatic rings. The van der Waals surface area contributed by atoms with Gasteiger partial charge in [-0.15, -0.1) is 0 Å². The van der Waals surface area contributed by atoms with Crippen LogP contribution in [0.5, 0.6) is 0 Å². The van der Waals surface area contributed by atoms with Gasteiger partial charge in [-0.05, 0) is 24.1 Å². The molecule has 0 spiro atoms. The lowest BCUT2D eigenvalue weighted by Gasteiger charge is -2.01. The Balaban J connectivity index is 2.90. The van der Waals surface area contributed by atoms with Crippen LogP contribution in [0, 0.1) is 11.6 Å². The van der Waals surface area contributed by atoms with E-state index in [4.69, 9.17) is 10.6 Å². The van der Waals surface area contributed by atoms with Crippen LogP contribution in [0.1, 0.15) is 22.3 Å². The van der Waals surface area contributed by atoms with Gasteiger partial charge in [0.1, 0.15) is 11.6 Å². The minimum absolute atomic E-state index is 0.184. The molecule has 0 aliphatic heterocycles. The third-order valence-electron chi connectivity index (χ3n) is 2.07. The van der Waals surface area contributed by atoms with E-state index in [1.54, 1.807) is 0 Å². The lowest BCUT2D eigenvalue weighted by molar-refractivity contribution is 0.0695. The molecule has 94 valence electrons. The van der Waals surface area contributed by atoms with Crippen LogP contribution in [0.15, 0.2) is 23.3 Å².